The molecule has 5 nitrogen and oxygen atoms in total. The molecule has 1 fully saturated rings. The van der Waals surface area contributed by atoms with Gasteiger partial charge in [-0.25, -0.2) is 9.97 Å². The number of nitrogens with zero attached hydrogens (tertiary/aromatic N) is 3. The third-order valence-electron chi connectivity index (χ3n) is 4.36. The highest BCUT2D eigenvalue weighted by atomic mass is 35.5. The lowest BCUT2D eigenvalue weighted by molar-refractivity contribution is 0.447. The maximum atomic E-state index is 6.36. The lowest BCUT2D eigenvalue weighted by atomic mass is 10.00. The Morgan fingerprint density at radius 1 is 1.30 bits per heavy atom. The third-order valence-corrected chi connectivity index (χ3v) is 4.69. The van der Waals surface area contributed by atoms with Gasteiger partial charge in [0.1, 0.15) is 12.0 Å². The van der Waals surface area contributed by atoms with E-state index in [-0.39, 0.29) is 0 Å². The first-order chi connectivity index (χ1) is 11.2. The summed E-state index contributed by atoms with van der Waals surface area (Å²) < 4.78 is 0. The molecule has 0 amide bonds. The maximum absolute atomic E-state index is 6.36. The predicted octanol–water partition coefficient (Wildman–Crippen LogP) is 4.22. The molecule has 1 saturated heterocycles. The van der Waals surface area contributed by atoms with Gasteiger partial charge in [-0.2, -0.15) is 0 Å². The molecule has 1 aromatic heterocycles. The van der Waals surface area contributed by atoms with E-state index in [1.54, 1.807) is 6.33 Å². The molecule has 3 N–H and O–H groups in total. The quantitative estimate of drug-likeness (QED) is 0.877. The number of nitrogens with two attached hydrogens (primary N) is 1. The Morgan fingerprint density at radius 2 is 2.13 bits per heavy atom. The Labute approximate surface area is 141 Å². The zero-order valence-corrected chi connectivity index (χ0v) is 14.1. The molecular formula is C17H22ClN5. The van der Waals surface area contributed by atoms with Gasteiger partial charge < -0.3 is 16.0 Å². The van der Waals surface area contributed by atoms with Gasteiger partial charge in [0.25, 0.3) is 0 Å². The molecule has 0 saturated carbocycles. The molecular weight excluding hydrogens is 310 g/mol. The SMILES string of the molecule is CCC1CCCCN1c1ncnc(Nc2ccccc2Cl)c1N. The van der Waals surface area contributed by atoms with Crippen molar-refractivity contribution in [3.05, 3.63) is 35.6 Å². The van der Waals surface area contributed by atoms with Crippen LogP contribution in [0.3, 0.4) is 0 Å². The Balaban J connectivity index is 1.90. The molecule has 1 atom stereocenters. The van der Waals surface area contributed by atoms with E-state index in [4.69, 9.17) is 17.3 Å². The van der Waals surface area contributed by atoms with Crippen LogP contribution in [0, 0.1) is 0 Å². The van der Waals surface area contributed by atoms with Crippen molar-refractivity contribution in [3.8, 4) is 0 Å². The smallest absolute Gasteiger partial charge is 0.159 e. The van der Waals surface area contributed by atoms with Gasteiger partial charge in [-0.15, -0.1) is 0 Å². The van der Waals surface area contributed by atoms with Crippen molar-refractivity contribution < 1.29 is 0 Å². The van der Waals surface area contributed by atoms with Crippen LogP contribution in [-0.4, -0.2) is 22.6 Å². The van der Waals surface area contributed by atoms with Crippen molar-refractivity contribution in [2.24, 2.45) is 0 Å². The van der Waals surface area contributed by atoms with E-state index in [0.29, 0.717) is 22.6 Å². The molecule has 1 aliphatic heterocycles. The normalized spacial score (nSPS) is 18.0. The molecule has 1 unspecified atom stereocenters. The summed E-state index contributed by atoms with van der Waals surface area (Å²) in [6.07, 6.45) is 6.29. The molecule has 0 radical (unpaired) electrons. The number of para-hydroxylation sites is 1. The number of nitrogen functional groups attached to an aromatic ring is 1. The van der Waals surface area contributed by atoms with Gasteiger partial charge >= 0.3 is 0 Å². The summed E-state index contributed by atoms with van der Waals surface area (Å²) in [6, 6.07) is 8.04. The summed E-state index contributed by atoms with van der Waals surface area (Å²) in [5.74, 6) is 1.42. The van der Waals surface area contributed by atoms with E-state index in [1.165, 1.54) is 19.3 Å². The highest BCUT2D eigenvalue weighted by molar-refractivity contribution is 6.33. The van der Waals surface area contributed by atoms with Gasteiger partial charge in [0.15, 0.2) is 11.6 Å². The standard InChI is InChI=1S/C17H22ClN5/c1-2-12-7-5-6-10-23(12)17-15(19)16(20-11-21-17)22-14-9-4-3-8-13(14)18/h3-4,8-9,11-12H,2,5-7,10,19H2,1H3,(H,20,21,22). The second-order valence-corrected chi connectivity index (χ2v) is 6.22. The van der Waals surface area contributed by atoms with Gasteiger partial charge in [0, 0.05) is 12.6 Å². The number of nitrogens with one attached hydrogen (secondary N) is 1. The molecule has 0 bridgehead atoms. The number of halogens is 1. The predicted molar refractivity (Wildman–Crippen MR) is 96.5 cm³/mol. The molecule has 3 rings (SSSR count). The van der Waals surface area contributed by atoms with Crippen LogP contribution in [0.4, 0.5) is 23.0 Å². The average molecular weight is 332 g/mol. The Kier molecular flexibility index (Phi) is 4.86. The first-order valence-electron chi connectivity index (χ1n) is 8.09. The lowest BCUT2D eigenvalue weighted by Gasteiger charge is -2.36. The van der Waals surface area contributed by atoms with E-state index < -0.39 is 0 Å². The van der Waals surface area contributed by atoms with Gasteiger partial charge in [-0.3, -0.25) is 0 Å². The minimum atomic E-state index is 0.495. The molecule has 0 spiro atoms. The zero-order valence-electron chi connectivity index (χ0n) is 13.3. The molecule has 23 heavy (non-hydrogen) atoms. The van der Waals surface area contributed by atoms with E-state index in [2.05, 4.69) is 27.1 Å². The van der Waals surface area contributed by atoms with Crippen LogP contribution in [0.1, 0.15) is 32.6 Å². The summed E-state index contributed by atoms with van der Waals surface area (Å²) in [5.41, 5.74) is 7.72. The van der Waals surface area contributed by atoms with Gasteiger partial charge in [-0.1, -0.05) is 30.7 Å². The molecule has 2 heterocycles. The van der Waals surface area contributed by atoms with Crippen LogP contribution in [0.2, 0.25) is 5.02 Å². The fraction of sp³-hybridized carbons (Fsp3) is 0.412. The Hall–Kier alpha value is -2.01. The van der Waals surface area contributed by atoms with Gasteiger partial charge in [0.2, 0.25) is 0 Å². The fourth-order valence-corrected chi connectivity index (χ4v) is 3.29. The zero-order chi connectivity index (χ0) is 16.2. The number of benzene rings is 1. The van der Waals surface area contributed by atoms with E-state index in [0.717, 1.165) is 24.5 Å². The molecule has 6 heteroatoms. The van der Waals surface area contributed by atoms with Crippen LogP contribution in [0.5, 0.6) is 0 Å². The van der Waals surface area contributed by atoms with Crippen molar-refractivity contribution in [2.45, 2.75) is 38.6 Å². The van der Waals surface area contributed by atoms with Crippen LogP contribution in [0.25, 0.3) is 0 Å². The summed E-state index contributed by atoms with van der Waals surface area (Å²) in [5, 5.41) is 3.85. The van der Waals surface area contributed by atoms with E-state index >= 15 is 0 Å². The number of aromatic nitrogens is 2. The number of hydrogen-bond donors (Lipinski definition) is 2. The molecule has 1 aromatic carbocycles. The van der Waals surface area contributed by atoms with Crippen LogP contribution >= 0.6 is 11.6 Å². The Bertz CT molecular complexity index is 676. The first kappa shape index (κ1) is 15.9. The van der Waals surface area contributed by atoms with Gasteiger partial charge in [0.05, 0.1) is 10.7 Å². The molecule has 1 aliphatic rings. The number of piperidine rings is 1. The molecule has 122 valence electrons. The summed E-state index contributed by atoms with van der Waals surface area (Å²) in [4.78, 5) is 11.0. The minimum absolute atomic E-state index is 0.495. The largest absolute Gasteiger partial charge is 0.393 e. The second kappa shape index (κ2) is 7.04. The molecule has 0 aliphatic carbocycles. The van der Waals surface area contributed by atoms with Crippen molar-refractivity contribution in [1.82, 2.24) is 9.97 Å². The van der Waals surface area contributed by atoms with Crippen molar-refractivity contribution >= 4 is 34.6 Å². The minimum Gasteiger partial charge on any atom is -0.393 e. The monoisotopic (exact) mass is 331 g/mol. The number of hydrogen-bond acceptors (Lipinski definition) is 5. The summed E-state index contributed by atoms with van der Waals surface area (Å²) in [6.45, 7) is 3.20. The first-order valence-corrected chi connectivity index (χ1v) is 8.47. The van der Waals surface area contributed by atoms with Crippen LogP contribution in [0.15, 0.2) is 30.6 Å². The van der Waals surface area contributed by atoms with E-state index in [1.807, 2.05) is 24.3 Å². The topological polar surface area (TPSA) is 67.1 Å². The maximum Gasteiger partial charge on any atom is 0.159 e. The lowest BCUT2D eigenvalue weighted by Crippen LogP contribution is -2.40. The second-order valence-electron chi connectivity index (χ2n) is 5.82. The Morgan fingerprint density at radius 3 is 2.91 bits per heavy atom. The fourth-order valence-electron chi connectivity index (χ4n) is 3.11. The van der Waals surface area contributed by atoms with Crippen molar-refractivity contribution in [1.29, 1.82) is 0 Å². The highest BCUT2D eigenvalue weighted by Gasteiger charge is 2.25. The average Bonchev–Trinajstić information content (AvgIpc) is 2.58. The van der Waals surface area contributed by atoms with Gasteiger partial charge in [-0.05, 0) is 37.8 Å². The van der Waals surface area contributed by atoms with Crippen LogP contribution in [-0.2, 0) is 0 Å². The summed E-state index contributed by atoms with van der Waals surface area (Å²) >= 11 is 6.20. The van der Waals surface area contributed by atoms with Crippen molar-refractivity contribution in [2.75, 3.05) is 22.5 Å². The molecule has 2 aromatic rings. The highest BCUT2D eigenvalue weighted by Crippen LogP contribution is 2.34. The summed E-state index contributed by atoms with van der Waals surface area (Å²) in [7, 11) is 0. The number of rotatable bonds is 4. The van der Waals surface area contributed by atoms with Crippen LogP contribution < -0.4 is 16.0 Å². The van der Waals surface area contributed by atoms with E-state index in [9.17, 15) is 0 Å². The third kappa shape index (κ3) is 3.34. The van der Waals surface area contributed by atoms with Crippen molar-refractivity contribution in [3.63, 3.8) is 0 Å². The number of anilines is 4.